The predicted octanol–water partition coefficient (Wildman–Crippen LogP) is 6.36. The molecular formula is C38H44F2N6O8. The van der Waals surface area contributed by atoms with Crippen molar-refractivity contribution in [3.8, 4) is 11.5 Å². The molecule has 0 spiro atoms. The Labute approximate surface area is 310 Å². The number of anilines is 1. The Balaban J connectivity index is 1.67. The van der Waals surface area contributed by atoms with Crippen molar-refractivity contribution in [2.45, 2.75) is 78.2 Å². The van der Waals surface area contributed by atoms with E-state index in [-0.39, 0.29) is 59.3 Å². The Bertz CT molecular complexity index is 2130. The Morgan fingerprint density at radius 1 is 0.944 bits per heavy atom. The van der Waals surface area contributed by atoms with Gasteiger partial charge in [-0.25, -0.2) is 27.9 Å². The summed E-state index contributed by atoms with van der Waals surface area (Å²) in [5, 5.41) is 5.10. The quantitative estimate of drug-likeness (QED) is 0.166. The lowest BCUT2D eigenvalue weighted by Crippen LogP contribution is -2.46. The van der Waals surface area contributed by atoms with Crippen LogP contribution in [0.5, 0.6) is 11.5 Å². The fraction of sp³-hybridized carbons (Fsp3) is 0.368. The van der Waals surface area contributed by atoms with Gasteiger partial charge >= 0.3 is 12.2 Å². The molecule has 54 heavy (non-hydrogen) atoms. The molecule has 1 atom stereocenters. The standard InChI is InChI=1S/C38H44F2N6O8/c1-37(2,3)53-35(50)42-25(13-9-10-17-31(47)44(7)8)33(48)41-26-14-12-20-45(34(26)49)22-30-43-32-27(46(30)36(51)54-38(4,5)6)15-11-16-29(32)52-28-19-18-23(39)21-24(28)40/h10-12,14-21,25H,9,13,22H2,1-8H3,(H,41,48)(H,42,50)/b17-10+/t25-/m0/s1. The van der Waals surface area contributed by atoms with Crippen LogP contribution in [0.4, 0.5) is 24.1 Å². The molecule has 0 fully saturated rings. The van der Waals surface area contributed by atoms with E-state index in [1.54, 1.807) is 73.8 Å². The Hall–Kier alpha value is -6.06. The van der Waals surface area contributed by atoms with E-state index in [4.69, 9.17) is 14.2 Å². The SMILES string of the molecule is CN(C)C(=O)/C=C/CC[C@H](NC(=O)OC(C)(C)C)C(=O)Nc1cccn(Cc2nc3c(Oc4ccc(F)cc4F)cccc3n2C(=O)OC(C)(C)C)c1=O. The lowest BCUT2D eigenvalue weighted by atomic mass is 10.1. The van der Waals surface area contributed by atoms with Crippen LogP contribution in [-0.4, -0.2) is 74.4 Å². The second-order valence-corrected chi connectivity index (χ2v) is 14.4. The van der Waals surface area contributed by atoms with E-state index in [1.165, 1.54) is 39.9 Å². The maximum absolute atomic E-state index is 14.5. The van der Waals surface area contributed by atoms with Gasteiger partial charge in [-0.15, -0.1) is 0 Å². The van der Waals surface area contributed by atoms with Gasteiger partial charge in [0.25, 0.3) is 5.56 Å². The van der Waals surface area contributed by atoms with Crippen molar-refractivity contribution in [3.63, 3.8) is 0 Å². The van der Waals surface area contributed by atoms with Gasteiger partial charge in [-0.05, 0) is 96.9 Å². The van der Waals surface area contributed by atoms with Gasteiger partial charge in [0, 0.05) is 26.4 Å². The lowest BCUT2D eigenvalue weighted by Gasteiger charge is -2.23. The van der Waals surface area contributed by atoms with E-state index in [2.05, 4.69) is 15.6 Å². The maximum Gasteiger partial charge on any atom is 0.420 e. The number of alkyl carbamates (subject to hydrolysis) is 1. The highest BCUT2D eigenvalue weighted by Crippen LogP contribution is 2.32. The number of rotatable bonds is 11. The third kappa shape index (κ3) is 11.0. The number of hydrogen-bond donors (Lipinski definition) is 2. The van der Waals surface area contributed by atoms with Crippen LogP contribution < -0.4 is 20.9 Å². The molecule has 0 saturated heterocycles. The van der Waals surface area contributed by atoms with Crippen molar-refractivity contribution in [2.75, 3.05) is 19.4 Å². The van der Waals surface area contributed by atoms with Crippen LogP contribution in [-0.2, 0) is 25.6 Å². The van der Waals surface area contributed by atoms with Gasteiger partial charge in [0.1, 0.15) is 40.1 Å². The number of aromatic nitrogens is 3. The zero-order valence-electron chi connectivity index (χ0n) is 31.4. The van der Waals surface area contributed by atoms with Crippen LogP contribution >= 0.6 is 0 Å². The summed E-state index contributed by atoms with van der Waals surface area (Å²) >= 11 is 0. The molecule has 0 aliphatic carbocycles. The third-order valence-electron chi connectivity index (χ3n) is 7.33. The molecule has 2 N–H and O–H groups in total. The average Bonchev–Trinajstić information content (AvgIpc) is 3.42. The molecule has 0 saturated carbocycles. The van der Waals surface area contributed by atoms with Gasteiger partial charge in [-0.1, -0.05) is 12.1 Å². The summed E-state index contributed by atoms with van der Waals surface area (Å²) in [5.41, 5.74) is -2.25. The number of ether oxygens (including phenoxy) is 3. The highest BCUT2D eigenvalue weighted by molar-refractivity contribution is 5.96. The Kier molecular flexibility index (Phi) is 12.6. The molecule has 0 aliphatic heterocycles. The number of carbonyl (C=O) groups excluding carboxylic acids is 4. The topological polar surface area (TPSA) is 163 Å². The molecule has 0 bridgehead atoms. The first-order chi connectivity index (χ1) is 25.2. The van der Waals surface area contributed by atoms with Gasteiger partial charge in [-0.3, -0.25) is 14.4 Å². The second kappa shape index (κ2) is 16.7. The summed E-state index contributed by atoms with van der Waals surface area (Å²) in [4.78, 5) is 71.4. The van der Waals surface area contributed by atoms with Gasteiger partial charge in [0.15, 0.2) is 17.3 Å². The highest BCUT2D eigenvalue weighted by atomic mass is 19.1. The smallest absolute Gasteiger partial charge is 0.420 e. The normalized spacial score (nSPS) is 12.3. The molecule has 2 aromatic carbocycles. The second-order valence-electron chi connectivity index (χ2n) is 14.4. The molecule has 0 unspecified atom stereocenters. The zero-order valence-corrected chi connectivity index (χ0v) is 31.4. The van der Waals surface area contributed by atoms with Crippen molar-refractivity contribution >= 4 is 40.7 Å². The summed E-state index contributed by atoms with van der Waals surface area (Å²) in [7, 11) is 3.19. The molecule has 3 amide bonds. The fourth-order valence-electron chi connectivity index (χ4n) is 4.94. The third-order valence-corrected chi connectivity index (χ3v) is 7.33. The first-order valence-electron chi connectivity index (χ1n) is 17.0. The molecule has 2 heterocycles. The minimum atomic E-state index is -1.16. The summed E-state index contributed by atoms with van der Waals surface area (Å²) in [5.74, 6) is -2.94. The van der Waals surface area contributed by atoms with E-state index >= 15 is 0 Å². The number of pyridine rings is 1. The van der Waals surface area contributed by atoms with Crippen LogP contribution in [0.3, 0.4) is 0 Å². The molecule has 14 nitrogen and oxygen atoms in total. The molecule has 0 radical (unpaired) electrons. The fourth-order valence-corrected chi connectivity index (χ4v) is 4.94. The van der Waals surface area contributed by atoms with Crippen molar-refractivity contribution in [3.05, 3.63) is 94.7 Å². The number of hydrogen-bond acceptors (Lipinski definition) is 9. The number of nitrogens with zero attached hydrogens (tertiary/aromatic N) is 4. The minimum absolute atomic E-state index is 0.0315. The van der Waals surface area contributed by atoms with Crippen molar-refractivity contribution in [1.82, 2.24) is 24.3 Å². The zero-order chi connectivity index (χ0) is 40.0. The number of halogens is 2. The molecule has 2 aromatic heterocycles. The van der Waals surface area contributed by atoms with E-state index in [0.29, 0.717) is 6.07 Å². The first-order valence-corrected chi connectivity index (χ1v) is 17.0. The molecule has 0 aliphatic rings. The monoisotopic (exact) mass is 750 g/mol. The summed E-state index contributed by atoms with van der Waals surface area (Å²) in [6, 6.07) is 9.12. The average molecular weight is 751 g/mol. The van der Waals surface area contributed by atoms with Crippen LogP contribution in [0.15, 0.2) is 71.7 Å². The van der Waals surface area contributed by atoms with E-state index < -0.39 is 52.5 Å². The maximum atomic E-state index is 14.5. The molecule has 4 aromatic rings. The molecule has 4 rings (SSSR count). The number of fused-ring (bicyclic) bond motifs is 1. The van der Waals surface area contributed by atoms with Gasteiger partial charge in [-0.2, -0.15) is 0 Å². The molecular weight excluding hydrogens is 706 g/mol. The van der Waals surface area contributed by atoms with E-state index in [1.807, 2.05) is 0 Å². The van der Waals surface area contributed by atoms with Crippen molar-refractivity contribution in [2.24, 2.45) is 0 Å². The summed E-state index contributed by atoms with van der Waals surface area (Å²) in [6.45, 7) is 9.73. The summed E-state index contributed by atoms with van der Waals surface area (Å²) in [6.07, 6.45) is 2.96. The number of likely N-dealkylation sites (N-methyl/N-ethyl adjacent to an activating group) is 1. The number of imidazole rings is 1. The van der Waals surface area contributed by atoms with E-state index in [9.17, 15) is 32.8 Å². The highest BCUT2D eigenvalue weighted by Gasteiger charge is 2.27. The number of allylic oxidation sites excluding steroid dienone is 1. The first kappa shape index (κ1) is 40.7. The van der Waals surface area contributed by atoms with Gasteiger partial charge in [0.2, 0.25) is 11.8 Å². The number of benzene rings is 2. The number of carbonyl (C=O) groups is 4. The van der Waals surface area contributed by atoms with Crippen molar-refractivity contribution in [1.29, 1.82) is 0 Å². The van der Waals surface area contributed by atoms with Gasteiger partial charge < -0.3 is 34.3 Å². The minimum Gasteiger partial charge on any atom is -0.452 e. The van der Waals surface area contributed by atoms with Crippen LogP contribution in [0.2, 0.25) is 0 Å². The van der Waals surface area contributed by atoms with Crippen LogP contribution in [0, 0.1) is 11.6 Å². The molecule has 288 valence electrons. The summed E-state index contributed by atoms with van der Waals surface area (Å²) < 4.78 is 47.2. The van der Waals surface area contributed by atoms with Crippen molar-refractivity contribution < 1.29 is 42.2 Å². The van der Waals surface area contributed by atoms with Gasteiger partial charge in [0.05, 0.1) is 12.1 Å². The van der Waals surface area contributed by atoms with E-state index in [0.717, 1.165) is 16.7 Å². The Morgan fingerprint density at radius 2 is 1.65 bits per heavy atom. The Morgan fingerprint density at radius 3 is 2.30 bits per heavy atom. The predicted molar refractivity (Wildman–Crippen MR) is 196 cm³/mol. The number of para-hydroxylation sites is 1. The lowest BCUT2D eigenvalue weighted by molar-refractivity contribution is -0.123. The largest absolute Gasteiger partial charge is 0.452 e. The number of nitrogens with one attached hydrogen (secondary N) is 2. The van der Waals surface area contributed by atoms with Crippen LogP contribution in [0.25, 0.3) is 11.0 Å². The van der Waals surface area contributed by atoms with Crippen LogP contribution in [0.1, 0.15) is 60.2 Å². The number of amides is 3. The molecule has 16 heteroatoms.